The molecule has 0 aliphatic heterocycles. The van der Waals surface area contributed by atoms with Crippen molar-refractivity contribution in [2.45, 2.75) is 33.6 Å². The second kappa shape index (κ2) is 6.60. The molecule has 0 heteroatoms. The lowest BCUT2D eigenvalue weighted by Crippen LogP contribution is -1.84. The average Bonchev–Trinajstić information content (AvgIpc) is 1.89. The van der Waals surface area contributed by atoms with Gasteiger partial charge in [0.05, 0.1) is 0 Å². The Bertz CT molecular complexity index is 109. The molecule has 0 saturated heterocycles. The summed E-state index contributed by atoms with van der Waals surface area (Å²) in [6, 6.07) is 0. The molecule has 0 fully saturated rings. The average molecular weight is 138 g/mol. The van der Waals surface area contributed by atoms with Gasteiger partial charge < -0.3 is 0 Å². The fourth-order valence-electron chi connectivity index (χ4n) is 0.885. The molecule has 0 spiro atoms. The molecular formula is C10H18. The molecular weight excluding hydrogens is 120 g/mol. The number of rotatable bonds is 4. The quantitative estimate of drug-likeness (QED) is 0.521. The fourth-order valence-corrected chi connectivity index (χ4v) is 0.885. The molecule has 0 aromatic carbocycles. The van der Waals surface area contributed by atoms with Crippen molar-refractivity contribution < 1.29 is 0 Å². The second-order valence-electron chi connectivity index (χ2n) is 2.62. The molecule has 0 N–H and O–H groups in total. The van der Waals surface area contributed by atoms with Crippen LogP contribution in [0.25, 0.3) is 0 Å². The molecule has 0 radical (unpaired) electrons. The molecule has 0 bridgehead atoms. The Morgan fingerprint density at radius 2 is 2.00 bits per heavy atom. The summed E-state index contributed by atoms with van der Waals surface area (Å²) in [6.07, 6.45) is 11.2. The molecule has 0 rings (SSSR count). The van der Waals surface area contributed by atoms with Gasteiger partial charge in [-0.25, -0.2) is 0 Å². The number of hydrogen-bond donors (Lipinski definition) is 0. The van der Waals surface area contributed by atoms with Crippen LogP contribution in [0.1, 0.15) is 33.6 Å². The summed E-state index contributed by atoms with van der Waals surface area (Å²) < 4.78 is 0. The summed E-state index contributed by atoms with van der Waals surface area (Å²) in [7, 11) is 0. The Morgan fingerprint density at radius 1 is 1.30 bits per heavy atom. The lowest BCUT2D eigenvalue weighted by Gasteiger charge is -1.98. The molecule has 0 aliphatic carbocycles. The maximum atomic E-state index is 2.25. The first-order chi connectivity index (χ1) is 4.81. The Labute approximate surface area is 64.6 Å². The van der Waals surface area contributed by atoms with E-state index in [4.69, 9.17) is 0 Å². The zero-order valence-electron chi connectivity index (χ0n) is 7.30. The van der Waals surface area contributed by atoms with E-state index < -0.39 is 0 Å². The predicted octanol–water partition coefficient (Wildman–Crippen LogP) is 3.55. The van der Waals surface area contributed by atoms with Gasteiger partial charge in [-0.3, -0.25) is 0 Å². The minimum absolute atomic E-state index is 0.702. The lowest BCUT2D eigenvalue weighted by molar-refractivity contribution is 0.741. The van der Waals surface area contributed by atoms with Crippen LogP contribution in [0.4, 0.5) is 0 Å². The van der Waals surface area contributed by atoms with Gasteiger partial charge in [0.25, 0.3) is 0 Å². The van der Waals surface area contributed by atoms with E-state index in [2.05, 4.69) is 45.1 Å². The van der Waals surface area contributed by atoms with Crippen molar-refractivity contribution in [1.82, 2.24) is 0 Å². The van der Waals surface area contributed by atoms with E-state index in [9.17, 15) is 0 Å². The highest BCUT2D eigenvalue weighted by Gasteiger charge is 1.89. The van der Waals surface area contributed by atoms with Gasteiger partial charge in [0.15, 0.2) is 0 Å². The zero-order valence-corrected chi connectivity index (χ0v) is 7.30. The van der Waals surface area contributed by atoms with Crippen LogP contribution in [0.15, 0.2) is 24.3 Å². The lowest BCUT2D eigenvalue weighted by atomic mass is 10.1. The first-order valence-electron chi connectivity index (χ1n) is 4.09. The van der Waals surface area contributed by atoms with Gasteiger partial charge in [-0.05, 0) is 25.7 Å². The highest BCUT2D eigenvalue weighted by Crippen LogP contribution is 2.04. The van der Waals surface area contributed by atoms with Crippen LogP contribution in [-0.4, -0.2) is 0 Å². The first kappa shape index (κ1) is 9.48. The minimum atomic E-state index is 0.702. The molecule has 0 heterocycles. The maximum absolute atomic E-state index is 2.25. The van der Waals surface area contributed by atoms with Gasteiger partial charge in [0, 0.05) is 0 Å². The molecule has 10 heavy (non-hydrogen) atoms. The fraction of sp³-hybridized carbons (Fsp3) is 0.600. The molecule has 0 aliphatic rings. The van der Waals surface area contributed by atoms with Crippen molar-refractivity contribution in [2.24, 2.45) is 5.92 Å². The van der Waals surface area contributed by atoms with E-state index in [-0.39, 0.29) is 0 Å². The Kier molecular flexibility index (Phi) is 6.25. The van der Waals surface area contributed by atoms with Crippen molar-refractivity contribution in [3.05, 3.63) is 24.3 Å². The maximum Gasteiger partial charge on any atom is -0.0227 e. The second-order valence-corrected chi connectivity index (χ2v) is 2.62. The normalized spacial score (nSPS) is 15.1. The molecule has 1 unspecified atom stereocenters. The monoisotopic (exact) mass is 138 g/mol. The molecule has 0 aromatic rings. The van der Waals surface area contributed by atoms with Crippen molar-refractivity contribution in [3.8, 4) is 0 Å². The zero-order chi connectivity index (χ0) is 7.82. The third-order valence-electron chi connectivity index (χ3n) is 1.43. The Balaban J connectivity index is 3.38. The van der Waals surface area contributed by atoms with E-state index in [0.717, 1.165) is 6.42 Å². The third kappa shape index (κ3) is 5.61. The first-order valence-corrected chi connectivity index (χ1v) is 4.09. The Morgan fingerprint density at radius 3 is 2.50 bits per heavy atom. The summed E-state index contributed by atoms with van der Waals surface area (Å²) >= 11 is 0. The Hall–Kier alpha value is -0.520. The highest BCUT2D eigenvalue weighted by molar-refractivity contribution is 4.90. The van der Waals surface area contributed by atoms with Crippen LogP contribution in [0.5, 0.6) is 0 Å². The van der Waals surface area contributed by atoms with Gasteiger partial charge >= 0.3 is 0 Å². The van der Waals surface area contributed by atoms with Crippen LogP contribution in [0, 0.1) is 5.92 Å². The van der Waals surface area contributed by atoms with E-state index in [1.165, 1.54) is 6.42 Å². The largest absolute Gasteiger partial charge is 0.0914 e. The molecule has 0 aromatic heterocycles. The van der Waals surface area contributed by atoms with Crippen LogP contribution >= 0.6 is 0 Å². The summed E-state index contributed by atoms with van der Waals surface area (Å²) in [4.78, 5) is 0. The standard InChI is InChI=1S/C10H18/c1-4-6-7-9-10(3)8-5-2/h5-8,10H,4,9H2,1-3H3. The van der Waals surface area contributed by atoms with Crippen LogP contribution in [0.3, 0.4) is 0 Å². The van der Waals surface area contributed by atoms with Crippen LogP contribution < -0.4 is 0 Å². The predicted molar refractivity (Wildman–Crippen MR) is 48.0 cm³/mol. The van der Waals surface area contributed by atoms with Gasteiger partial charge in [0.1, 0.15) is 0 Å². The summed E-state index contributed by atoms with van der Waals surface area (Å²) in [5.41, 5.74) is 0. The van der Waals surface area contributed by atoms with Gasteiger partial charge in [-0.15, -0.1) is 0 Å². The smallest absolute Gasteiger partial charge is 0.0227 e. The molecule has 58 valence electrons. The summed E-state index contributed by atoms with van der Waals surface area (Å²) in [5, 5.41) is 0. The highest BCUT2D eigenvalue weighted by atomic mass is 13.9. The topological polar surface area (TPSA) is 0 Å². The van der Waals surface area contributed by atoms with Crippen molar-refractivity contribution >= 4 is 0 Å². The van der Waals surface area contributed by atoms with Crippen molar-refractivity contribution in [3.63, 3.8) is 0 Å². The van der Waals surface area contributed by atoms with E-state index in [1.807, 2.05) is 0 Å². The number of hydrogen-bond acceptors (Lipinski definition) is 0. The molecule has 1 atom stereocenters. The van der Waals surface area contributed by atoms with Gasteiger partial charge in [0.2, 0.25) is 0 Å². The van der Waals surface area contributed by atoms with Crippen molar-refractivity contribution in [2.75, 3.05) is 0 Å². The molecule has 0 saturated carbocycles. The SMILES string of the molecule is CC=CC(C)CC=CCC. The van der Waals surface area contributed by atoms with E-state index in [0.29, 0.717) is 5.92 Å². The van der Waals surface area contributed by atoms with E-state index in [1.54, 1.807) is 0 Å². The third-order valence-corrected chi connectivity index (χ3v) is 1.43. The minimum Gasteiger partial charge on any atom is -0.0914 e. The van der Waals surface area contributed by atoms with Crippen LogP contribution in [-0.2, 0) is 0 Å². The van der Waals surface area contributed by atoms with Crippen LogP contribution in [0.2, 0.25) is 0 Å². The molecule has 0 amide bonds. The number of allylic oxidation sites excluding steroid dienone is 4. The van der Waals surface area contributed by atoms with Crippen molar-refractivity contribution in [1.29, 1.82) is 0 Å². The molecule has 0 nitrogen and oxygen atoms in total. The summed E-state index contributed by atoms with van der Waals surface area (Å²) in [5.74, 6) is 0.702. The van der Waals surface area contributed by atoms with E-state index >= 15 is 0 Å². The van der Waals surface area contributed by atoms with Gasteiger partial charge in [-0.2, -0.15) is 0 Å². The summed E-state index contributed by atoms with van der Waals surface area (Å²) in [6.45, 7) is 6.47. The van der Waals surface area contributed by atoms with Gasteiger partial charge in [-0.1, -0.05) is 38.2 Å².